The number of nitrogens with zero attached hydrogens (tertiary/aromatic N) is 3. The number of benzene rings is 1. The van der Waals surface area contributed by atoms with Gasteiger partial charge in [-0.05, 0) is 51.3 Å². The van der Waals surface area contributed by atoms with Gasteiger partial charge in [-0.2, -0.15) is 0 Å². The fraction of sp³-hybridized carbons (Fsp3) is 0.476. The number of carbonyl (C=O) groups excluding carboxylic acids is 1. The minimum absolute atomic E-state index is 0.115. The van der Waals surface area contributed by atoms with E-state index in [1.165, 1.54) is 11.8 Å². The van der Waals surface area contributed by atoms with Gasteiger partial charge in [0.05, 0.1) is 0 Å². The number of nitrogens with one attached hydrogen (secondary N) is 1. The molecule has 0 aliphatic carbocycles. The number of carbonyl (C=O) groups is 1. The van der Waals surface area contributed by atoms with Crippen LogP contribution in [0.25, 0.3) is 0 Å². The van der Waals surface area contributed by atoms with E-state index in [4.69, 9.17) is 0 Å². The van der Waals surface area contributed by atoms with Crippen molar-refractivity contribution < 1.29 is 4.79 Å². The molecule has 0 saturated carbocycles. The lowest BCUT2D eigenvalue weighted by Crippen LogP contribution is -2.49. The molecule has 0 spiro atoms. The van der Waals surface area contributed by atoms with Crippen molar-refractivity contribution >= 4 is 5.91 Å². The molecule has 1 amide bonds. The van der Waals surface area contributed by atoms with Crippen LogP contribution in [0.5, 0.6) is 0 Å². The van der Waals surface area contributed by atoms with Crippen LogP contribution in [0, 0.1) is 6.92 Å². The third-order valence-corrected chi connectivity index (χ3v) is 5.29. The van der Waals surface area contributed by atoms with Gasteiger partial charge in [-0.1, -0.05) is 30.3 Å². The van der Waals surface area contributed by atoms with E-state index in [0.717, 1.165) is 45.3 Å². The van der Waals surface area contributed by atoms with Gasteiger partial charge in [-0.25, -0.2) is 4.98 Å². The lowest BCUT2D eigenvalue weighted by molar-refractivity contribution is 0.0614. The van der Waals surface area contributed by atoms with Crippen LogP contribution in [-0.2, 0) is 6.42 Å². The number of likely N-dealkylation sites (N-methyl/N-ethyl adjacent to an activating group) is 1. The second-order valence-corrected chi connectivity index (χ2v) is 7.31. The maximum atomic E-state index is 12.7. The zero-order valence-corrected chi connectivity index (χ0v) is 16.1. The molecule has 3 rings (SSSR count). The number of piperidine rings is 1. The van der Waals surface area contributed by atoms with Gasteiger partial charge in [0.15, 0.2) is 0 Å². The zero-order chi connectivity index (χ0) is 19.2. The fourth-order valence-corrected chi connectivity index (χ4v) is 3.69. The summed E-state index contributed by atoms with van der Waals surface area (Å²) in [6.45, 7) is 4.65. The molecule has 27 heavy (non-hydrogen) atoms. The summed E-state index contributed by atoms with van der Waals surface area (Å²) in [7, 11) is 1.79. The lowest BCUT2D eigenvalue weighted by Gasteiger charge is -2.37. The Balaban J connectivity index is 1.55. The summed E-state index contributed by atoms with van der Waals surface area (Å²) >= 11 is 0. The van der Waals surface area contributed by atoms with Crippen LogP contribution in [-0.4, -0.2) is 58.4 Å². The summed E-state index contributed by atoms with van der Waals surface area (Å²) in [6, 6.07) is 10.7. The summed E-state index contributed by atoms with van der Waals surface area (Å²) in [5.74, 6) is 0.265. The van der Waals surface area contributed by atoms with Gasteiger partial charge in [-0.15, -0.1) is 0 Å². The van der Waals surface area contributed by atoms with Crippen molar-refractivity contribution in [3.05, 3.63) is 63.8 Å². The molecule has 1 atom stereocenters. The average Bonchev–Trinajstić information content (AvgIpc) is 2.68. The molecule has 1 aromatic heterocycles. The molecule has 0 bridgehead atoms. The van der Waals surface area contributed by atoms with Crippen LogP contribution < -0.4 is 5.56 Å². The normalized spacial score (nSPS) is 17.6. The molecule has 1 aliphatic heterocycles. The highest BCUT2D eigenvalue weighted by molar-refractivity contribution is 5.93. The molecular formula is C21H28N4O2. The number of aryl methyl sites for hydroxylation is 2. The van der Waals surface area contributed by atoms with Crippen LogP contribution >= 0.6 is 0 Å². The largest absolute Gasteiger partial charge is 0.337 e. The van der Waals surface area contributed by atoms with E-state index in [1.807, 2.05) is 6.07 Å². The van der Waals surface area contributed by atoms with E-state index >= 15 is 0 Å². The molecule has 1 aliphatic rings. The summed E-state index contributed by atoms with van der Waals surface area (Å²) < 4.78 is 0. The molecule has 6 nitrogen and oxygen atoms in total. The highest BCUT2D eigenvalue weighted by Gasteiger charge is 2.27. The number of H-pyrrole nitrogens is 1. The Morgan fingerprint density at radius 3 is 2.85 bits per heavy atom. The van der Waals surface area contributed by atoms with E-state index in [-0.39, 0.29) is 23.1 Å². The van der Waals surface area contributed by atoms with Crippen molar-refractivity contribution in [2.75, 3.05) is 26.7 Å². The number of aromatic amines is 1. The lowest BCUT2D eigenvalue weighted by atomic mass is 10.0. The van der Waals surface area contributed by atoms with Crippen LogP contribution in [0.4, 0.5) is 0 Å². The van der Waals surface area contributed by atoms with Crippen molar-refractivity contribution in [1.29, 1.82) is 0 Å². The van der Waals surface area contributed by atoms with Crippen molar-refractivity contribution in [1.82, 2.24) is 19.8 Å². The van der Waals surface area contributed by atoms with Crippen LogP contribution in [0.3, 0.4) is 0 Å². The first kappa shape index (κ1) is 19.3. The summed E-state index contributed by atoms with van der Waals surface area (Å²) in [4.78, 5) is 35.6. The SMILES string of the molecule is Cc1ncc(C(=O)N(C)[C@@H]2CCCN(CCCc3ccccc3)C2)c(=O)[nH]1. The number of amides is 1. The molecule has 1 saturated heterocycles. The Bertz CT molecular complexity index is 818. The number of rotatable bonds is 6. The molecule has 1 N–H and O–H groups in total. The minimum atomic E-state index is -0.366. The predicted octanol–water partition coefficient (Wildman–Crippen LogP) is 2.25. The van der Waals surface area contributed by atoms with Gasteiger partial charge in [0.2, 0.25) is 0 Å². The second kappa shape index (κ2) is 8.95. The molecule has 0 unspecified atom stereocenters. The maximum Gasteiger partial charge on any atom is 0.263 e. The quantitative estimate of drug-likeness (QED) is 0.849. The molecule has 0 radical (unpaired) electrons. The van der Waals surface area contributed by atoms with E-state index in [9.17, 15) is 9.59 Å². The van der Waals surface area contributed by atoms with Crippen LogP contribution in [0.1, 0.15) is 41.0 Å². The topological polar surface area (TPSA) is 69.3 Å². The van der Waals surface area contributed by atoms with Crippen molar-refractivity contribution in [3.63, 3.8) is 0 Å². The first-order valence-electron chi connectivity index (χ1n) is 9.64. The highest BCUT2D eigenvalue weighted by atomic mass is 16.2. The van der Waals surface area contributed by atoms with Gasteiger partial charge in [0, 0.05) is 25.8 Å². The van der Waals surface area contributed by atoms with Gasteiger partial charge in [0.1, 0.15) is 11.4 Å². The standard InChI is InChI=1S/C21H28N4O2/c1-16-22-14-19(20(26)23-16)21(27)24(2)18-11-7-13-25(15-18)12-6-10-17-8-4-3-5-9-17/h3-5,8-9,14,18H,6-7,10-13,15H2,1-2H3,(H,22,23,26)/t18-/m1/s1. The molecule has 1 fully saturated rings. The van der Waals surface area contributed by atoms with E-state index in [2.05, 4.69) is 39.1 Å². The van der Waals surface area contributed by atoms with Crippen LogP contribution in [0.2, 0.25) is 0 Å². The number of likely N-dealkylation sites (tertiary alicyclic amines) is 1. The zero-order valence-electron chi connectivity index (χ0n) is 16.1. The van der Waals surface area contributed by atoms with Gasteiger partial charge in [-0.3, -0.25) is 9.59 Å². The Labute approximate surface area is 160 Å². The third-order valence-electron chi connectivity index (χ3n) is 5.29. The average molecular weight is 368 g/mol. The summed E-state index contributed by atoms with van der Waals surface area (Å²) in [6.07, 6.45) is 5.59. The number of hydrogen-bond acceptors (Lipinski definition) is 4. The fourth-order valence-electron chi connectivity index (χ4n) is 3.69. The van der Waals surface area contributed by atoms with Crippen molar-refractivity contribution in [3.8, 4) is 0 Å². The smallest absolute Gasteiger partial charge is 0.263 e. The monoisotopic (exact) mass is 368 g/mol. The van der Waals surface area contributed by atoms with Crippen molar-refractivity contribution in [2.45, 2.75) is 38.6 Å². The summed E-state index contributed by atoms with van der Waals surface area (Å²) in [5, 5.41) is 0. The Hall–Kier alpha value is -2.47. The third kappa shape index (κ3) is 5.04. The Morgan fingerprint density at radius 1 is 1.33 bits per heavy atom. The molecule has 2 heterocycles. The molecule has 1 aromatic carbocycles. The maximum absolute atomic E-state index is 12.7. The number of aromatic nitrogens is 2. The van der Waals surface area contributed by atoms with Gasteiger partial charge < -0.3 is 14.8 Å². The molecule has 6 heteroatoms. The van der Waals surface area contributed by atoms with Crippen molar-refractivity contribution in [2.24, 2.45) is 0 Å². The minimum Gasteiger partial charge on any atom is -0.337 e. The Kier molecular flexibility index (Phi) is 6.40. The van der Waals surface area contributed by atoms with Gasteiger partial charge in [0.25, 0.3) is 11.5 Å². The van der Waals surface area contributed by atoms with E-state index in [0.29, 0.717) is 5.82 Å². The number of hydrogen-bond donors (Lipinski definition) is 1. The first-order valence-corrected chi connectivity index (χ1v) is 9.64. The molecule has 144 valence electrons. The first-order chi connectivity index (χ1) is 13.0. The highest BCUT2D eigenvalue weighted by Crippen LogP contribution is 2.17. The van der Waals surface area contributed by atoms with E-state index < -0.39 is 0 Å². The Morgan fingerprint density at radius 2 is 2.11 bits per heavy atom. The van der Waals surface area contributed by atoms with Crippen LogP contribution in [0.15, 0.2) is 41.3 Å². The molecular weight excluding hydrogens is 340 g/mol. The second-order valence-electron chi connectivity index (χ2n) is 7.31. The van der Waals surface area contributed by atoms with Gasteiger partial charge >= 0.3 is 0 Å². The summed E-state index contributed by atoms with van der Waals surface area (Å²) in [5.41, 5.74) is 1.11. The van der Waals surface area contributed by atoms with E-state index in [1.54, 1.807) is 18.9 Å². The molecule has 2 aromatic rings. The predicted molar refractivity (Wildman–Crippen MR) is 106 cm³/mol.